The molecule has 5 nitrogen and oxygen atoms in total. The van der Waals surface area contributed by atoms with Crippen LogP contribution < -0.4 is 4.40 Å². The van der Waals surface area contributed by atoms with Gasteiger partial charge in [-0.25, -0.2) is 4.98 Å². The molecule has 5 aromatic heterocycles. The Hall–Kier alpha value is -3.97. The molecule has 1 atom stereocenters. The van der Waals surface area contributed by atoms with Crippen molar-refractivity contribution in [3.8, 4) is 33.6 Å². The Kier molecular flexibility index (Phi) is 11.0. The number of fused-ring (bicyclic) bond motifs is 3. The third-order valence-electron chi connectivity index (χ3n) is 9.54. The van der Waals surface area contributed by atoms with E-state index in [1.54, 1.807) is 18.3 Å². The van der Waals surface area contributed by atoms with Crippen LogP contribution in [0.5, 0.6) is 0 Å². The molecular formula is C49H56GeIrN4O-2. The van der Waals surface area contributed by atoms with E-state index in [9.17, 15) is 0 Å². The second-order valence-electron chi connectivity index (χ2n) is 17.6. The largest absolute Gasteiger partial charge is 0 e. The second kappa shape index (κ2) is 16.9. The maximum Gasteiger partial charge on any atom is 0 e. The number of aromatic nitrogens is 4. The molecule has 56 heavy (non-hydrogen) atoms. The van der Waals surface area contributed by atoms with Crippen molar-refractivity contribution in [2.45, 2.75) is 98.7 Å². The fraction of sp³-hybridized carbons (Fsp3) is 0.347. The minimum atomic E-state index is -2.24. The Balaban J connectivity index is 0.000000253. The first kappa shape index (κ1) is 36.4. The maximum absolute atomic E-state index is 8.76. The predicted octanol–water partition coefficient (Wildman–Crippen LogP) is 12.7. The predicted molar refractivity (Wildman–Crippen MR) is 234 cm³/mol. The number of benzene rings is 2. The average molecular weight is 987 g/mol. The van der Waals surface area contributed by atoms with Crippen molar-refractivity contribution >= 4 is 39.7 Å². The standard InChI is InChI=1S/C30H30N3O.C19H26GeN.Ir/c1-17-12-18(2)33-20(4)28(17)23-14-25-24-13-22(8-9-27(24)34-29(25)32-16-23)26-15-21(10-11-31-26)19(3)30(5,6)7;1-19(2,3)13-16-12-18(15-10-8-7-9-11-15)21-14-17(16)20(4,5)6;/h9-16,19H,1-7H3;7-10,12,14H,13H2,1-6H3;/q2*-1;/i3D3;13D2;. The van der Waals surface area contributed by atoms with E-state index in [2.05, 4.69) is 68.4 Å². The van der Waals surface area contributed by atoms with Gasteiger partial charge in [-0.15, -0.1) is 23.8 Å². The van der Waals surface area contributed by atoms with E-state index in [1.165, 1.54) is 0 Å². The monoisotopic (exact) mass is 988 g/mol. The Bertz CT molecular complexity index is 2640. The van der Waals surface area contributed by atoms with E-state index in [4.69, 9.17) is 11.3 Å². The molecule has 7 rings (SSSR count). The van der Waals surface area contributed by atoms with Crippen molar-refractivity contribution in [2.24, 2.45) is 10.8 Å². The first-order valence-corrected chi connectivity index (χ1v) is 26.3. The van der Waals surface area contributed by atoms with Crippen molar-refractivity contribution < 1.29 is 31.4 Å². The van der Waals surface area contributed by atoms with E-state index in [0.29, 0.717) is 17.0 Å². The van der Waals surface area contributed by atoms with Gasteiger partial charge < -0.3 is 9.40 Å². The van der Waals surface area contributed by atoms with Gasteiger partial charge in [0.1, 0.15) is 0 Å². The van der Waals surface area contributed by atoms with E-state index in [-0.39, 0.29) is 20.1 Å². The number of pyridine rings is 4. The zero-order chi connectivity index (χ0) is 44.2. The molecule has 2 aromatic carbocycles. The van der Waals surface area contributed by atoms with Crippen molar-refractivity contribution in [2.75, 3.05) is 0 Å². The quantitative estimate of drug-likeness (QED) is 0.123. The first-order chi connectivity index (χ1) is 27.8. The van der Waals surface area contributed by atoms with Crippen molar-refractivity contribution in [3.05, 3.63) is 126 Å². The summed E-state index contributed by atoms with van der Waals surface area (Å²) in [6.07, 6.45) is 4.01. The van der Waals surface area contributed by atoms with Crippen LogP contribution in [-0.4, -0.2) is 33.2 Å². The Morgan fingerprint density at radius 1 is 0.839 bits per heavy atom. The first-order valence-electron chi connectivity index (χ1n) is 21.4. The molecule has 0 aliphatic carbocycles. The van der Waals surface area contributed by atoms with Gasteiger partial charge in [0.2, 0.25) is 5.71 Å². The third-order valence-corrected chi connectivity index (χ3v) is 13.8. The molecule has 1 radical (unpaired) electrons. The van der Waals surface area contributed by atoms with E-state index in [0.717, 1.165) is 71.2 Å². The summed E-state index contributed by atoms with van der Waals surface area (Å²) in [6, 6.07) is 27.8. The zero-order valence-electron chi connectivity index (χ0n) is 39.7. The van der Waals surface area contributed by atoms with Gasteiger partial charge in [-0.05, 0) is 61.6 Å². The molecule has 0 aliphatic rings. The minimum Gasteiger partial charge on any atom is 0 e. The van der Waals surface area contributed by atoms with Crippen LogP contribution in [0.2, 0.25) is 17.3 Å². The summed E-state index contributed by atoms with van der Waals surface area (Å²) in [5.74, 6) is 6.23. The minimum absolute atomic E-state index is 0. The number of hydrogen-bond acceptors (Lipinski definition) is 5. The van der Waals surface area contributed by atoms with E-state index >= 15 is 0 Å². The molecule has 0 saturated carbocycles. The number of furan rings is 1. The molecule has 0 fully saturated rings. The normalized spacial score (nSPS) is 14.4. The summed E-state index contributed by atoms with van der Waals surface area (Å²) in [7, 11) is 0. The molecule has 0 bridgehead atoms. The molecular weight excluding hydrogens is 925 g/mol. The van der Waals surface area contributed by atoms with Crippen LogP contribution in [0.25, 0.3) is 55.7 Å². The Labute approximate surface area is 358 Å². The molecule has 7 heteroatoms. The summed E-state index contributed by atoms with van der Waals surface area (Å²) in [4.78, 5) is 18.4. The zero-order valence-corrected chi connectivity index (χ0v) is 39.2. The maximum atomic E-state index is 8.76. The Morgan fingerprint density at radius 3 is 2.23 bits per heavy atom. The van der Waals surface area contributed by atoms with E-state index < -0.39 is 43.2 Å². The van der Waals surface area contributed by atoms with Crippen molar-refractivity contribution in [3.63, 3.8) is 0 Å². The number of aryl methyl sites for hydroxylation is 3. The molecule has 0 spiro atoms. The molecule has 0 amide bonds. The molecule has 7 aromatic rings. The summed E-state index contributed by atoms with van der Waals surface area (Å²) >= 11 is -2.24. The summed E-state index contributed by atoms with van der Waals surface area (Å²) in [5, 5.41) is 1.80. The van der Waals surface area contributed by atoms with Crippen molar-refractivity contribution in [1.29, 1.82) is 0 Å². The Morgan fingerprint density at radius 2 is 1.59 bits per heavy atom. The van der Waals surface area contributed by atoms with Crippen LogP contribution in [0.15, 0.2) is 89.7 Å². The van der Waals surface area contributed by atoms with Crippen LogP contribution in [0.3, 0.4) is 0 Å². The number of nitrogens with zero attached hydrogens (tertiary/aromatic N) is 4. The summed E-state index contributed by atoms with van der Waals surface area (Å²) < 4.78 is 49.1. The van der Waals surface area contributed by atoms with Crippen LogP contribution >= 0.6 is 0 Å². The van der Waals surface area contributed by atoms with Gasteiger partial charge >= 0.3 is 135 Å². The molecule has 293 valence electrons. The van der Waals surface area contributed by atoms with Crippen LogP contribution in [-0.2, 0) is 26.5 Å². The van der Waals surface area contributed by atoms with Gasteiger partial charge in [0.05, 0.1) is 5.58 Å². The molecule has 0 N–H and O–H groups in total. The molecule has 0 aliphatic heterocycles. The smallest absolute Gasteiger partial charge is 0 e. The second-order valence-corrected chi connectivity index (χ2v) is 28.2. The van der Waals surface area contributed by atoms with Gasteiger partial charge in [0, 0.05) is 64.5 Å². The summed E-state index contributed by atoms with van der Waals surface area (Å²) in [6.45, 7) is 15.7. The summed E-state index contributed by atoms with van der Waals surface area (Å²) in [5.41, 5.74) is 10.2. The van der Waals surface area contributed by atoms with Gasteiger partial charge in [-0.1, -0.05) is 44.6 Å². The SMILES string of the molecule is [2H]C([2H])([2H])C(c1ccnc(-c2[c-]cc3oc4ncc(-c5c(C)cc(C)nc5C)cc4c3c2)c1)C(C)(C)C.[2H]C([2H])(c1cc(-c2[c-]cccc2)nc[c]1[Ge]([CH3])([CH3])[CH3])C(C)(C)C.[Ir]. The van der Waals surface area contributed by atoms with Gasteiger partial charge in [-0.2, -0.15) is 0 Å². The van der Waals surface area contributed by atoms with Crippen LogP contribution in [0.1, 0.15) is 89.2 Å². The van der Waals surface area contributed by atoms with Crippen LogP contribution in [0.4, 0.5) is 0 Å². The van der Waals surface area contributed by atoms with Crippen molar-refractivity contribution in [1.82, 2.24) is 19.9 Å². The number of rotatable bonds is 6. The molecule has 5 heterocycles. The average Bonchev–Trinajstić information content (AvgIpc) is 3.50. The third kappa shape index (κ3) is 9.94. The number of hydrogen-bond donors (Lipinski definition) is 0. The van der Waals surface area contributed by atoms with Crippen LogP contribution in [0, 0.1) is 43.7 Å². The van der Waals surface area contributed by atoms with E-state index in [1.807, 2.05) is 110 Å². The fourth-order valence-electron chi connectivity index (χ4n) is 6.88. The van der Waals surface area contributed by atoms with Gasteiger partial charge in [0.15, 0.2) is 0 Å². The van der Waals surface area contributed by atoms with Gasteiger partial charge in [-0.3, -0.25) is 4.98 Å². The fourth-order valence-corrected chi connectivity index (χ4v) is 9.81. The molecule has 1 unspecified atom stereocenters. The molecule has 0 saturated heterocycles. The van der Waals surface area contributed by atoms with Gasteiger partial charge in [0.25, 0.3) is 0 Å². The topological polar surface area (TPSA) is 64.7 Å².